The number of nitrogens with zero attached hydrogens (tertiary/aromatic N) is 1. The summed E-state index contributed by atoms with van der Waals surface area (Å²) in [6.07, 6.45) is 3.50. The van der Waals surface area contributed by atoms with Crippen molar-refractivity contribution in [2.24, 2.45) is 0 Å². The molecule has 2 N–H and O–H groups in total. The van der Waals surface area contributed by atoms with Gasteiger partial charge < -0.3 is 15.4 Å². The fourth-order valence-corrected chi connectivity index (χ4v) is 2.42. The molecule has 1 aromatic heterocycles. The zero-order valence-corrected chi connectivity index (χ0v) is 10.8. The van der Waals surface area contributed by atoms with Crippen molar-refractivity contribution in [3.05, 3.63) is 24.0 Å². The van der Waals surface area contributed by atoms with E-state index in [0.717, 1.165) is 30.8 Å². The van der Waals surface area contributed by atoms with E-state index in [2.05, 4.69) is 15.6 Å². The van der Waals surface area contributed by atoms with Crippen LogP contribution in [0.4, 0.5) is 0 Å². The Hall–Kier alpha value is -1.62. The van der Waals surface area contributed by atoms with E-state index < -0.39 is 0 Å². The molecule has 0 aromatic carbocycles. The number of piperidine rings is 1. The van der Waals surface area contributed by atoms with E-state index in [1.807, 2.05) is 12.1 Å². The van der Waals surface area contributed by atoms with Gasteiger partial charge in [-0.25, -0.2) is 0 Å². The third kappa shape index (κ3) is 2.61. The highest BCUT2D eigenvalue weighted by Gasteiger charge is 2.29. The molecule has 5 nitrogen and oxygen atoms in total. The van der Waals surface area contributed by atoms with Crippen LogP contribution >= 0.6 is 0 Å². The molecule has 0 bridgehead atoms. The summed E-state index contributed by atoms with van der Waals surface area (Å²) in [5.74, 6) is 1.11. The predicted octanol–water partition coefficient (Wildman–Crippen LogP) is 0.672. The third-order valence-corrected chi connectivity index (χ3v) is 3.37. The molecule has 0 saturated carbocycles. The number of ether oxygens (including phenoxy) is 1. The van der Waals surface area contributed by atoms with Crippen LogP contribution < -0.4 is 15.4 Å². The molecule has 2 unspecified atom stereocenters. The van der Waals surface area contributed by atoms with Crippen LogP contribution in [0.1, 0.15) is 24.5 Å². The monoisotopic (exact) mass is 249 g/mol. The van der Waals surface area contributed by atoms with E-state index in [4.69, 9.17) is 4.74 Å². The van der Waals surface area contributed by atoms with Crippen LogP contribution in [0, 0.1) is 0 Å². The van der Waals surface area contributed by atoms with Gasteiger partial charge in [0.05, 0.1) is 18.8 Å². The molecule has 18 heavy (non-hydrogen) atoms. The van der Waals surface area contributed by atoms with Crippen LogP contribution in [-0.4, -0.2) is 37.6 Å². The molecule has 1 saturated heterocycles. The second-order valence-corrected chi connectivity index (χ2v) is 4.43. The van der Waals surface area contributed by atoms with Gasteiger partial charge in [-0.1, -0.05) is 0 Å². The van der Waals surface area contributed by atoms with E-state index in [1.165, 1.54) is 0 Å². The Morgan fingerprint density at radius 2 is 2.44 bits per heavy atom. The summed E-state index contributed by atoms with van der Waals surface area (Å²) < 4.78 is 5.34. The lowest BCUT2D eigenvalue weighted by atomic mass is 9.88. The Morgan fingerprint density at radius 1 is 1.61 bits per heavy atom. The van der Waals surface area contributed by atoms with Crippen LogP contribution in [-0.2, 0) is 4.79 Å². The molecular formula is C13H19N3O2. The van der Waals surface area contributed by atoms with Crippen LogP contribution in [0.2, 0.25) is 0 Å². The molecule has 0 spiro atoms. The molecule has 98 valence electrons. The maximum atomic E-state index is 11.7. The second kappa shape index (κ2) is 5.82. The third-order valence-electron chi connectivity index (χ3n) is 3.37. The largest absolute Gasteiger partial charge is 0.495 e. The maximum Gasteiger partial charge on any atom is 0.236 e. The number of amides is 1. The number of aromatic nitrogens is 1. The molecule has 1 aromatic rings. The summed E-state index contributed by atoms with van der Waals surface area (Å²) in [5, 5.41) is 5.91. The number of likely N-dealkylation sites (N-methyl/N-ethyl adjacent to an activating group) is 1. The molecule has 5 heteroatoms. The zero-order valence-electron chi connectivity index (χ0n) is 10.8. The zero-order chi connectivity index (χ0) is 13.0. The number of methoxy groups -OCH3 is 1. The predicted molar refractivity (Wildman–Crippen MR) is 68.6 cm³/mol. The average molecular weight is 249 g/mol. The number of hydrogen-bond acceptors (Lipinski definition) is 4. The standard InChI is InChI=1S/C13H19N3O2/c1-14-13(17)10-8-9(5-7-15-10)12-11(18-2)4-3-6-16-12/h3-4,6,9-10,15H,5,7-8H2,1-2H3,(H,14,17). The summed E-state index contributed by atoms with van der Waals surface area (Å²) in [7, 11) is 3.31. The SMILES string of the molecule is CNC(=O)C1CC(c2ncccc2OC)CCN1. The normalized spacial score (nSPS) is 23.4. The van der Waals surface area contributed by atoms with Gasteiger partial charge in [-0.2, -0.15) is 0 Å². The van der Waals surface area contributed by atoms with Gasteiger partial charge in [0.2, 0.25) is 5.91 Å². The molecule has 0 aliphatic carbocycles. The van der Waals surface area contributed by atoms with Crippen molar-refractivity contribution < 1.29 is 9.53 Å². The van der Waals surface area contributed by atoms with Gasteiger partial charge in [-0.15, -0.1) is 0 Å². The van der Waals surface area contributed by atoms with Crippen molar-refractivity contribution >= 4 is 5.91 Å². The average Bonchev–Trinajstić information content (AvgIpc) is 2.46. The lowest BCUT2D eigenvalue weighted by Gasteiger charge is -2.29. The topological polar surface area (TPSA) is 63.2 Å². The highest BCUT2D eigenvalue weighted by atomic mass is 16.5. The molecule has 2 atom stereocenters. The van der Waals surface area contributed by atoms with Gasteiger partial charge >= 0.3 is 0 Å². The minimum absolute atomic E-state index is 0.0367. The fourth-order valence-electron chi connectivity index (χ4n) is 2.42. The molecule has 1 aliphatic heterocycles. The van der Waals surface area contributed by atoms with Crippen LogP contribution in [0.3, 0.4) is 0 Å². The second-order valence-electron chi connectivity index (χ2n) is 4.43. The molecular weight excluding hydrogens is 230 g/mol. The number of rotatable bonds is 3. The quantitative estimate of drug-likeness (QED) is 0.826. The van der Waals surface area contributed by atoms with Crippen molar-refractivity contribution in [3.8, 4) is 5.75 Å². The van der Waals surface area contributed by atoms with Crippen molar-refractivity contribution in [2.75, 3.05) is 20.7 Å². The lowest BCUT2D eigenvalue weighted by molar-refractivity contribution is -0.123. The van der Waals surface area contributed by atoms with Gasteiger partial charge in [-0.05, 0) is 31.5 Å². The molecule has 0 radical (unpaired) electrons. The Kier molecular flexibility index (Phi) is 4.15. The van der Waals surface area contributed by atoms with Gasteiger partial charge in [0, 0.05) is 19.2 Å². The van der Waals surface area contributed by atoms with Crippen molar-refractivity contribution in [3.63, 3.8) is 0 Å². The van der Waals surface area contributed by atoms with E-state index in [9.17, 15) is 4.79 Å². The summed E-state index contributed by atoms with van der Waals surface area (Å²) in [5.41, 5.74) is 0.954. The smallest absolute Gasteiger partial charge is 0.236 e. The molecule has 1 amide bonds. The summed E-state index contributed by atoms with van der Waals surface area (Å²) >= 11 is 0. The number of carbonyl (C=O) groups is 1. The summed E-state index contributed by atoms with van der Waals surface area (Å²) in [6.45, 7) is 0.822. The number of nitrogens with one attached hydrogen (secondary N) is 2. The first kappa shape index (κ1) is 12.8. The maximum absolute atomic E-state index is 11.7. The van der Waals surface area contributed by atoms with Gasteiger partial charge in [0.15, 0.2) is 0 Å². The molecule has 1 aliphatic rings. The van der Waals surface area contributed by atoms with E-state index >= 15 is 0 Å². The van der Waals surface area contributed by atoms with Crippen LogP contribution in [0.15, 0.2) is 18.3 Å². The fraction of sp³-hybridized carbons (Fsp3) is 0.538. The number of hydrogen-bond donors (Lipinski definition) is 2. The van der Waals surface area contributed by atoms with Crippen molar-refractivity contribution in [1.29, 1.82) is 0 Å². The lowest BCUT2D eigenvalue weighted by Crippen LogP contribution is -2.47. The van der Waals surface area contributed by atoms with Gasteiger partial charge in [-0.3, -0.25) is 9.78 Å². The van der Waals surface area contributed by atoms with Gasteiger partial charge in [0.1, 0.15) is 5.75 Å². The first-order chi connectivity index (χ1) is 8.76. The summed E-state index contributed by atoms with van der Waals surface area (Å²) in [4.78, 5) is 16.1. The summed E-state index contributed by atoms with van der Waals surface area (Å²) in [6, 6.07) is 3.64. The minimum atomic E-state index is -0.138. The Labute approximate surface area is 107 Å². The Morgan fingerprint density at radius 3 is 3.17 bits per heavy atom. The minimum Gasteiger partial charge on any atom is -0.495 e. The Balaban J connectivity index is 2.15. The van der Waals surface area contributed by atoms with Crippen LogP contribution in [0.25, 0.3) is 0 Å². The molecule has 1 fully saturated rings. The van der Waals surface area contributed by atoms with Crippen molar-refractivity contribution in [1.82, 2.24) is 15.6 Å². The number of pyridine rings is 1. The van der Waals surface area contributed by atoms with E-state index in [0.29, 0.717) is 0 Å². The highest BCUT2D eigenvalue weighted by molar-refractivity contribution is 5.81. The Bertz CT molecular complexity index is 422. The number of carbonyl (C=O) groups excluding carboxylic acids is 1. The van der Waals surface area contributed by atoms with Crippen LogP contribution in [0.5, 0.6) is 5.75 Å². The first-order valence-corrected chi connectivity index (χ1v) is 6.20. The van der Waals surface area contributed by atoms with Crippen molar-refractivity contribution in [2.45, 2.75) is 24.8 Å². The molecule has 2 rings (SSSR count). The highest BCUT2D eigenvalue weighted by Crippen LogP contribution is 2.32. The van der Waals surface area contributed by atoms with Gasteiger partial charge in [0.25, 0.3) is 0 Å². The van der Waals surface area contributed by atoms with E-state index in [-0.39, 0.29) is 17.9 Å². The van der Waals surface area contributed by atoms with E-state index in [1.54, 1.807) is 20.4 Å². The molecule has 2 heterocycles. The first-order valence-electron chi connectivity index (χ1n) is 6.20.